The molecule has 1 amide bonds. The normalized spacial score (nSPS) is 14.0. The van der Waals surface area contributed by atoms with Crippen LogP contribution in [0.2, 0.25) is 0 Å². The minimum Gasteiger partial charge on any atom is -0.342 e. The lowest BCUT2D eigenvalue weighted by Gasteiger charge is -2.21. The number of allylic oxidation sites excluding steroid dienone is 1. The summed E-state index contributed by atoms with van der Waals surface area (Å²) in [6, 6.07) is 14.7. The number of rotatable bonds is 7. The highest BCUT2D eigenvalue weighted by Crippen LogP contribution is 2.23. The van der Waals surface area contributed by atoms with Gasteiger partial charge in [-0.3, -0.25) is 19.6 Å². The van der Waals surface area contributed by atoms with Crippen LogP contribution in [-0.2, 0) is 4.79 Å². The molecule has 5 rings (SSSR count). The molecule has 1 aliphatic heterocycles. The standard InChI is InChI=1S/C27H25N5O2/c1-16(2)25(24(33)14-20-8-5-11-28-20)32-27(34)18-9-10-21-22(13-18)31-26(30-21)23-12-17-6-3-4-7-19(17)15-29-23/h3-7,9-13,15-16,25H,8,14H2,1-2H3,(H,30,31)(H,32,34)/t25-/m0/s1. The summed E-state index contributed by atoms with van der Waals surface area (Å²) in [6.45, 7) is 3.86. The molecule has 2 N–H and O–H groups in total. The van der Waals surface area contributed by atoms with E-state index in [1.165, 1.54) is 0 Å². The van der Waals surface area contributed by atoms with Crippen molar-refractivity contribution in [2.45, 2.75) is 32.7 Å². The summed E-state index contributed by atoms with van der Waals surface area (Å²) in [5, 5.41) is 5.06. The maximum Gasteiger partial charge on any atom is 0.251 e. The molecule has 0 fully saturated rings. The number of hydrogen-bond acceptors (Lipinski definition) is 5. The van der Waals surface area contributed by atoms with Gasteiger partial charge in [0, 0.05) is 41.9 Å². The van der Waals surface area contributed by atoms with Gasteiger partial charge in [0.25, 0.3) is 5.91 Å². The summed E-state index contributed by atoms with van der Waals surface area (Å²) in [4.78, 5) is 42.5. The number of ketones is 1. The molecule has 4 aromatic rings. The first-order chi connectivity index (χ1) is 16.5. The molecule has 1 aliphatic rings. The van der Waals surface area contributed by atoms with Crippen LogP contribution in [0, 0.1) is 5.92 Å². The molecule has 2 aromatic carbocycles. The summed E-state index contributed by atoms with van der Waals surface area (Å²) >= 11 is 0. The number of aromatic amines is 1. The Bertz CT molecular complexity index is 1460. The van der Waals surface area contributed by atoms with Crippen molar-refractivity contribution in [2.24, 2.45) is 10.9 Å². The summed E-state index contributed by atoms with van der Waals surface area (Å²) in [6.07, 6.45) is 6.40. The van der Waals surface area contributed by atoms with Crippen molar-refractivity contribution in [1.29, 1.82) is 0 Å². The van der Waals surface area contributed by atoms with E-state index in [0.717, 1.165) is 33.2 Å². The zero-order chi connectivity index (χ0) is 23.7. The minimum absolute atomic E-state index is 0.0296. The Morgan fingerprint density at radius 1 is 1.09 bits per heavy atom. The largest absolute Gasteiger partial charge is 0.342 e. The van der Waals surface area contributed by atoms with Crippen molar-refractivity contribution in [1.82, 2.24) is 20.3 Å². The number of amides is 1. The number of imidazole rings is 1. The second-order valence-electron chi connectivity index (χ2n) is 8.86. The van der Waals surface area contributed by atoms with Gasteiger partial charge in [0.1, 0.15) is 5.69 Å². The Kier molecular flexibility index (Phi) is 5.76. The maximum atomic E-state index is 13.0. The van der Waals surface area contributed by atoms with Crippen molar-refractivity contribution in [2.75, 3.05) is 0 Å². The molecule has 0 saturated heterocycles. The molecule has 0 aliphatic carbocycles. The van der Waals surface area contributed by atoms with E-state index in [4.69, 9.17) is 0 Å². The lowest BCUT2D eigenvalue weighted by atomic mass is 9.95. The van der Waals surface area contributed by atoms with E-state index >= 15 is 0 Å². The fraction of sp³-hybridized carbons (Fsp3) is 0.222. The van der Waals surface area contributed by atoms with Crippen LogP contribution in [0.1, 0.15) is 37.0 Å². The van der Waals surface area contributed by atoms with Gasteiger partial charge in [0.2, 0.25) is 0 Å². The molecule has 0 unspecified atom stereocenters. The quantitative estimate of drug-likeness (QED) is 0.419. The van der Waals surface area contributed by atoms with E-state index in [0.29, 0.717) is 17.8 Å². The highest BCUT2D eigenvalue weighted by atomic mass is 16.2. The topological polar surface area (TPSA) is 100 Å². The summed E-state index contributed by atoms with van der Waals surface area (Å²) < 4.78 is 0. The first-order valence-corrected chi connectivity index (χ1v) is 11.4. The first-order valence-electron chi connectivity index (χ1n) is 11.4. The third-order valence-corrected chi connectivity index (χ3v) is 6.01. The molecule has 7 heteroatoms. The van der Waals surface area contributed by atoms with Gasteiger partial charge >= 0.3 is 0 Å². The number of nitrogens with one attached hydrogen (secondary N) is 2. The molecule has 34 heavy (non-hydrogen) atoms. The number of benzene rings is 2. The lowest BCUT2D eigenvalue weighted by molar-refractivity contribution is -0.120. The van der Waals surface area contributed by atoms with Crippen LogP contribution in [-0.4, -0.2) is 38.4 Å². The van der Waals surface area contributed by atoms with Gasteiger partial charge in [-0.25, -0.2) is 4.98 Å². The number of H-pyrrole nitrogens is 1. The average molecular weight is 452 g/mol. The number of hydrogen-bond donors (Lipinski definition) is 2. The van der Waals surface area contributed by atoms with Gasteiger partial charge in [0.05, 0.1) is 17.1 Å². The van der Waals surface area contributed by atoms with Gasteiger partial charge in [0.15, 0.2) is 11.6 Å². The monoisotopic (exact) mass is 451 g/mol. The molecule has 7 nitrogen and oxygen atoms in total. The van der Waals surface area contributed by atoms with Crippen LogP contribution in [0.3, 0.4) is 0 Å². The van der Waals surface area contributed by atoms with Crippen LogP contribution >= 0.6 is 0 Å². The molecule has 0 radical (unpaired) electrons. The Hall–Kier alpha value is -4.13. The number of aliphatic imine (C=N–C) groups is 1. The van der Waals surface area contributed by atoms with Crippen molar-refractivity contribution in [3.63, 3.8) is 0 Å². The zero-order valence-corrected chi connectivity index (χ0v) is 19.1. The van der Waals surface area contributed by atoms with Crippen molar-refractivity contribution in [3.8, 4) is 11.5 Å². The average Bonchev–Trinajstić information content (AvgIpc) is 3.51. The van der Waals surface area contributed by atoms with Crippen molar-refractivity contribution in [3.05, 3.63) is 72.6 Å². The highest BCUT2D eigenvalue weighted by Gasteiger charge is 2.26. The minimum atomic E-state index is -0.578. The number of nitrogens with zero attached hydrogens (tertiary/aromatic N) is 3. The first kappa shape index (κ1) is 21.7. The van der Waals surface area contributed by atoms with Crippen molar-refractivity contribution >= 4 is 39.2 Å². The lowest BCUT2D eigenvalue weighted by Crippen LogP contribution is -2.45. The van der Waals surface area contributed by atoms with E-state index in [2.05, 4.69) is 25.3 Å². The van der Waals surface area contributed by atoms with Gasteiger partial charge in [-0.1, -0.05) is 44.2 Å². The van der Waals surface area contributed by atoms with Gasteiger partial charge < -0.3 is 10.3 Å². The number of fused-ring (bicyclic) bond motifs is 2. The third-order valence-electron chi connectivity index (χ3n) is 6.01. The Labute approximate surface area is 197 Å². The van der Waals surface area contributed by atoms with Crippen molar-refractivity contribution < 1.29 is 9.59 Å². The highest BCUT2D eigenvalue weighted by molar-refractivity contribution is 6.07. The second-order valence-corrected chi connectivity index (χ2v) is 8.86. The molecule has 3 heterocycles. The Morgan fingerprint density at radius 2 is 1.91 bits per heavy atom. The van der Waals surface area contributed by atoms with Gasteiger partial charge in [-0.2, -0.15) is 0 Å². The van der Waals surface area contributed by atoms with Gasteiger partial charge in [-0.15, -0.1) is 0 Å². The zero-order valence-electron chi connectivity index (χ0n) is 19.1. The molecular weight excluding hydrogens is 426 g/mol. The van der Waals surface area contributed by atoms with Crippen LogP contribution < -0.4 is 5.32 Å². The van der Waals surface area contributed by atoms with Crippen LogP contribution in [0.25, 0.3) is 33.3 Å². The maximum absolute atomic E-state index is 13.0. The SMILES string of the molecule is CC(C)[C@H](NC(=O)c1ccc2nc(-c3cc4ccccc4cn3)[nH]c2c1)C(=O)CC1=NC=CC1. The van der Waals surface area contributed by atoms with E-state index in [9.17, 15) is 9.59 Å². The summed E-state index contributed by atoms with van der Waals surface area (Å²) in [7, 11) is 0. The van der Waals surface area contributed by atoms with Gasteiger partial charge in [-0.05, 0) is 35.6 Å². The molecule has 0 saturated carbocycles. The van der Waals surface area contributed by atoms with E-state index in [-0.39, 0.29) is 24.0 Å². The van der Waals surface area contributed by atoms with E-state index in [1.807, 2.05) is 56.5 Å². The number of carbonyl (C=O) groups is 2. The predicted octanol–water partition coefficient (Wildman–Crippen LogP) is 4.85. The number of carbonyl (C=O) groups excluding carboxylic acids is 2. The molecule has 170 valence electrons. The number of pyridine rings is 1. The van der Waals surface area contributed by atoms with Crippen LogP contribution in [0.4, 0.5) is 0 Å². The molecule has 1 atom stereocenters. The molecule has 2 aromatic heterocycles. The molecule has 0 spiro atoms. The second kappa shape index (κ2) is 9.02. The fourth-order valence-corrected chi connectivity index (χ4v) is 4.16. The Balaban J connectivity index is 1.36. The van der Waals surface area contributed by atoms with E-state index < -0.39 is 6.04 Å². The predicted molar refractivity (Wildman–Crippen MR) is 134 cm³/mol. The molecule has 0 bridgehead atoms. The summed E-state index contributed by atoms with van der Waals surface area (Å²) in [5.74, 6) is 0.283. The Morgan fingerprint density at radius 3 is 2.68 bits per heavy atom. The van der Waals surface area contributed by atoms with Crippen LogP contribution in [0.5, 0.6) is 0 Å². The summed E-state index contributed by atoms with van der Waals surface area (Å²) in [5.41, 5.74) is 3.50. The number of Topliss-reactive ketones (excluding diaryl/α,β-unsaturated/α-hetero) is 1. The molecular formula is C27H25N5O2. The van der Waals surface area contributed by atoms with E-state index in [1.54, 1.807) is 24.4 Å². The smallest absolute Gasteiger partial charge is 0.251 e. The number of aromatic nitrogens is 3. The van der Waals surface area contributed by atoms with Crippen LogP contribution in [0.15, 0.2) is 72.0 Å². The fourth-order valence-electron chi connectivity index (χ4n) is 4.16. The third kappa shape index (κ3) is 4.37.